The maximum Gasteiger partial charge on any atom is 0.0610 e. The smallest absolute Gasteiger partial charge is 0.0610 e. The zero-order valence-electron chi connectivity index (χ0n) is 12.5. The predicted molar refractivity (Wildman–Crippen MR) is 82.3 cm³/mol. The first-order valence-electron chi connectivity index (χ1n) is 7.47. The third-order valence-electron chi connectivity index (χ3n) is 3.92. The van der Waals surface area contributed by atoms with E-state index in [0.717, 1.165) is 17.6 Å². The van der Waals surface area contributed by atoms with Crippen LogP contribution in [-0.4, -0.2) is 34.3 Å². The molecule has 0 radical (unpaired) electrons. The predicted octanol–water partition coefficient (Wildman–Crippen LogP) is 3.44. The topological polar surface area (TPSA) is 32.3 Å². The van der Waals surface area contributed by atoms with Crippen LogP contribution in [-0.2, 0) is 0 Å². The van der Waals surface area contributed by atoms with Crippen molar-refractivity contribution < 1.29 is 5.11 Å². The minimum Gasteiger partial charge on any atom is -0.394 e. The van der Waals surface area contributed by atoms with Gasteiger partial charge in [-0.2, -0.15) is 11.8 Å². The first-order chi connectivity index (χ1) is 8.47. The molecule has 2 atom stereocenters. The Labute approximate surface area is 117 Å². The third kappa shape index (κ3) is 6.44. The number of hydrogen-bond acceptors (Lipinski definition) is 3. The fraction of sp³-hybridized carbons (Fsp3) is 1.00. The summed E-state index contributed by atoms with van der Waals surface area (Å²) in [5.41, 5.74) is -0.0461. The van der Waals surface area contributed by atoms with Crippen LogP contribution in [0.2, 0.25) is 0 Å². The summed E-state index contributed by atoms with van der Waals surface area (Å²) in [6.07, 6.45) is 6.16. The largest absolute Gasteiger partial charge is 0.394 e. The quantitative estimate of drug-likeness (QED) is 0.598. The van der Waals surface area contributed by atoms with E-state index >= 15 is 0 Å². The zero-order valence-corrected chi connectivity index (χ0v) is 13.4. The number of thioether (sulfide) groups is 1. The Morgan fingerprint density at radius 2 is 1.94 bits per heavy atom. The first kappa shape index (κ1) is 16.3. The molecule has 0 amide bonds. The second-order valence-electron chi connectivity index (χ2n) is 6.41. The van der Waals surface area contributed by atoms with Crippen LogP contribution in [0.25, 0.3) is 0 Å². The summed E-state index contributed by atoms with van der Waals surface area (Å²) in [5, 5.41) is 13.9. The molecule has 0 aliphatic heterocycles. The molecule has 0 saturated heterocycles. The molecule has 0 heterocycles. The maximum atomic E-state index is 9.51. The van der Waals surface area contributed by atoms with Gasteiger partial charge < -0.3 is 10.4 Å². The standard InChI is InChI=1S/C15H31NOS/c1-12(2)13(3)18-10-6-5-9-15(4,11-17)16-14-7-8-14/h12-14,16-17H,5-11H2,1-4H3. The SMILES string of the molecule is CC(C)C(C)SCCCCC(C)(CO)NC1CC1. The Kier molecular flexibility index (Phi) is 7.04. The van der Waals surface area contributed by atoms with Gasteiger partial charge in [0.05, 0.1) is 6.61 Å². The molecule has 2 nitrogen and oxygen atoms in total. The molecular formula is C15H31NOS. The number of aliphatic hydroxyl groups excluding tert-OH is 1. The Balaban J connectivity index is 2.07. The lowest BCUT2D eigenvalue weighted by molar-refractivity contribution is 0.161. The van der Waals surface area contributed by atoms with Gasteiger partial charge in [0.25, 0.3) is 0 Å². The van der Waals surface area contributed by atoms with Gasteiger partial charge in [-0.25, -0.2) is 0 Å². The van der Waals surface area contributed by atoms with E-state index in [1.807, 2.05) is 0 Å². The van der Waals surface area contributed by atoms with Crippen molar-refractivity contribution in [1.29, 1.82) is 0 Å². The number of aliphatic hydroxyl groups is 1. The van der Waals surface area contributed by atoms with Crippen molar-refractivity contribution in [3.8, 4) is 0 Å². The molecule has 0 bridgehead atoms. The van der Waals surface area contributed by atoms with Crippen molar-refractivity contribution in [3.63, 3.8) is 0 Å². The molecule has 18 heavy (non-hydrogen) atoms. The number of unbranched alkanes of at least 4 members (excludes halogenated alkanes) is 1. The number of nitrogens with one attached hydrogen (secondary N) is 1. The van der Waals surface area contributed by atoms with Crippen molar-refractivity contribution in [2.45, 2.75) is 76.6 Å². The molecule has 1 aliphatic carbocycles. The van der Waals surface area contributed by atoms with Gasteiger partial charge in [-0.3, -0.25) is 0 Å². The molecule has 2 unspecified atom stereocenters. The molecule has 1 rings (SSSR count). The van der Waals surface area contributed by atoms with Gasteiger partial charge in [0, 0.05) is 16.8 Å². The van der Waals surface area contributed by atoms with E-state index in [1.165, 1.54) is 31.4 Å². The van der Waals surface area contributed by atoms with Crippen molar-refractivity contribution in [2.75, 3.05) is 12.4 Å². The van der Waals surface area contributed by atoms with E-state index in [0.29, 0.717) is 6.04 Å². The Bertz CT molecular complexity index is 231. The van der Waals surface area contributed by atoms with E-state index in [2.05, 4.69) is 44.8 Å². The molecule has 1 saturated carbocycles. The van der Waals surface area contributed by atoms with Crippen molar-refractivity contribution in [1.82, 2.24) is 5.32 Å². The van der Waals surface area contributed by atoms with Gasteiger partial charge in [0.1, 0.15) is 0 Å². The van der Waals surface area contributed by atoms with Gasteiger partial charge >= 0.3 is 0 Å². The van der Waals surface area contributed by atoms with Gasteiger partial charge in [-0.1, -0.05) is 27.2 Å². The maximum absolute atomic E-state index is 9.51. The lowest BCUT2D eigenvalue weighted by Gasteiger charge is -2.29. The average Bonchev–Trinajstić information content (AvgIpc) is 3.12. The molecule has 3 heteroatoms. The minimum absolute atomic E-state index is 0.0461. The summed E-state index contributed by atoms with van der Waals surface area (Å²) in [6, 6.07) is 0.678. The van der Waals surface area contributed by atoms with E-state index in [1.54, 1.807) is 0 Å². The normalized spacial score (nSPS) is 21.0. The van der Waals surface area contributed by atoms with Crippen molar-refractivity contribution >= 4 is 11.8 Å². The highest BCUT2D eigenvalue weighted by molar-refractivity contribution is 7.99. The molecule has 2 N–H and O–H groups in total. The summed E-state index contributed by atoms with van der Waals surface area (Å²) < 4.78 is 0. The van der Waals surface area contributed by atoms with Crippen LogP contribution in [0.5, 0.6) is 0 Å². The van der Waals surface area contributed by atoms with E-state index in [4.69, 9.17) is 0 Å². The molecule has 1 aliphatic rings. The highest BCUT2D eigenvalue weighted by Gasteiger charge is 2.31. The van der Waals surface area contributed by atoms with Crippen LogP contribution in [0.4, 0.5) is 0 Å². The van der Waals surface area contributed by atoms with Gasteiger partial charge in [0.15, 0.2) is 0 Å². The highest BCUT2D eigenvalue weighted by atomic mass is 32.2. The highest BCUT2D eigenvalue weighted by Crippen LogP contribution is 2.26. The Morgan fingerprint density at radius 3 is 2.44 bits per heavy atom. The fourth-order valence-corrected chi connectivity index (χ4v) is 3.12. The van der Waals surface area contributed by atoms with Crippen LogP contribution in [0.1, 0.15) is 59.8 Å². The van der Waals surface area contributed by atoms with E-state index in [9.17, 15) is 5.11 Å². The fourth-order valence-electron chi connectivity index (χ4n) is 2.00. The van der Waals surface area contributed by atoms with Crippen LogP contribution in [0.15, 0.2) is 0 Å². The molecule has 1 fully saturated rings. The van der Waals surface area contributed by atoms with Crippen molar-refractivity contribution in [2.24, 2.45) is 5.92 Å². The minimum atomic E-state index is -0.0461. The molecular weight excluding hydrogens is 242 g/mol. The third-order valence-corrected chi connectivity index (χ3v) is 5.52. The lowest BCUT2D eigenvalue weighted by Crippen LogP contribution is -2.46. The number of rotatable bonds is 10. The summed E-state index contributed by atoms with van der Waals surface area (Å²) >= 11 is 2.09. The van der Waals surface area contributed by atoms with E-state index in [-0.39, 0.29) is 12.1 Å². The van der Waals surface area contributed by atoms with E-state index < -0.39 is 0 Å². The Hall–Kier alpha value is 0.270. The second kappa shape index (κ2) is 7.76. The van der Waals surface area contributed by atoms with Crippen LogP contribution < -0.4 is 5.32 Å². The average molecular weight is 273 g/mol. The van der Waals surface area contributed by atoms with Crippen LogP contribution in [0, 0.1) is 5.92 Å². The summed E-state index contributed by atoms with van der Waals surface area (Å²) in [7, 11) is 0. The first-order valence-corrected chi connectivity index (χ1v) is 8.52. The molecule has 0 aromatic rings. The Morgan fingerprint density at radius 1 is 1.28 bits per heavy atom. The lowest BCUT2D eigenvalue weighted by atomic mass is 9.96. The molecule has 108 valence electrons. The van der Waals surface area contributed by atoms with Gasteiger partial charge in [-0.05, 0) is 44.3 Å². The summed E-state index contributed by atoms with van der Waals surface area (Å²) in [4.78, 5) is 0. The van der Waals surface area contributed by atoms with Crippen LogP contribution >= 0.6 is 11.8 Å². The monoisotopic (exact) mass is 273 g/mol. The second-order valence-corrected chi connectivity index (χ2v) is 7.90. The zero-order chi connectivity index (χ0) is 13.6. The van der Waals surface area contributed by atoms with Crippen LogP contribution in [0.3, 0.4) is 0 Å². The summed E-state index contributed by atoms with van der Waals surface area (Å²) in [5.74, 6) is 2.03. The molecule has 0 aromatic carbocycles. The van der Waals surface area contributed by atoms with Gasteiger partial charge in [-0.15, -0.1) is 0 Å². The van der Waals surface area contributed by atoms with Gasteiger partial charge in [0.2, 0.25) is 0 Å². The number of hydrogen-bond donors (Lipinski definition) is 2. The molecule has 0 spiro atoms. The molecule has 0 aromatic heterocycles. The van der Waals surface area contributed by atoms with Crippen molar-refractivity contribution in [3.05, 3.63) is 0 Å². The summed E-state index contributed by atoms with van der Waals surface area (Å²) in [6.45, 7) is 9.33.